The molecule has 0 aromatic heterocycles. The Labute approximate surface area is 208 Å². The van der Waals surface area contributed by atoms with E-state index in [2.05, 4.69) is 15.6 Å². The Balaban J connectivity index is 0.00000512. The molecule has 178 valence electrons. The summed E-state index contributed by atoms with van der Waals surface area (Å²) in [4.78, 5) is 4.55. The molecule has 0 unspecified atom stereocenters. The zero-order valence-corrected chi connectivity index (χ0v) is 22.1. The summed E-state index contributed by atoms with van der Waals surface area (Å²) >= 11 is 0. The van der Waals surface area contributed by atoms with Crippen molar-refractivity contribution >= 4 is 45.5 Å². The maximum atomic E-state index is 11.8. The molecule has 7 nitrogen and oxygen atoms in total. The molecule has 2 rings (SSSR count). The second-order valence-corrected chi connectivity index (χ2v) is 9.70. The van der Waals surface area contributed by atoms with Crippen LogP contribution in [0.2, 0.25) is 0 Å². The molecule has 0 spiro atoms. The van der Waals surface area contributed by atoms with E-state index in [0.717, 1.165) is 23.6 Å². The number of nitrogens with zero attached hydrogens (tertiary/aromatic N) is 1. The first-order valence-corrected chi connectivity index (χ1v) is 12.4. The Kier molecular flexibility index (Phi) is 13.1. The number of para-hydroxylation sites is 1. The van der Waals surface area contributed by atoms with Gasteiger partial charge < -0.3 is 20.1 Å². The molecule has 0 aliphatic carbocycles. The molecule has 0 aliphatic heterocycles. The van der Waals surface area contributed by atoms with Crippen molar-refractivity contribution in [3.05, 3.63) is 54.6 Å². The quantitative estimate of drug-likeness (QED) is 0.169. The fraction of sp³-hybridized carbons (Fsp3) is 0.435. The molecule has 2 N–H and O–H groups in total. The van der Waals surface area contributed by atoms with E-state index in [1.54, 1.807) is 6.92 Å². The number of hydrogen-bond acceptors (Lipinski definition) is 5. The topological polar surface area (TPSA) is 89.0 Å². The largest absolute Gasteiger partial charge is 0.494 e. The number of anilines is 1. The van der Waals surface area contributed by atoms with Crippen molar-refractivity contribution < 1.29 is 17.9 Å². The molecule has 2 aromatic carbocycles. The summed E-state index contributed by atoms with van der Waals surface area (Å²) in [5.74, 6) is 2.34. The summed E-state index contributed by atoms with van der Waals surface area (Å²) in [6.07, 6.45) is 0.840. The van der Waals surface area contributed by atoms with Gasteiger partial charge in [0.1, 0.15) is 11.5 Å². The molecule has 0 bridgehead atoms. The van der Waals surface area contributed by atoms with Gasteiger partial charge in [0.25, 0.3) is 0 Å². The zero-order valence-electron chi connectivity index (χ0n) is 18.9. The van der Waals surface area contributed by atoms with Gasteiger partial charge >= 0.3 is 0 Å². The summed E-state index contributed by atoms with van der Waals surface area (Å²) < 4.78 is 34.9. The average Bonchev–Trinajstić information content (AvgIpc) is 2.75. The second-order valence-electron chi connectivity index (χ2n) is 7.22. The molecule has 0 fully saturated rings. The lowest BCUT2D eigenvalue weighted by Crippen LogP contribution is -2.35. The SMILES string of the molecule is CCS(=O)(=O)CCNC(=NCCCOc1ccccc1)Nc1ccc(OC(C)C)cc1.I. The van der Waals surface area contributed by atoms with Gasteiger partial charge in [0, 0.05) is 31.0 Å². The fourth-order valence-electron chi connectivity index (χ4n) is 2.60. The third-order valence-corrected chi connectivity index (χ3v) is 5.92. The van der Waals surface area contributed by atoms with Crippen LogP contribution in [0, 0.1) is 0 Å². The Morgan fingerprint density at radius 1 is 1.03 bits per heavy atom. The van der Waals surface area contributed by atoms with E-state index < -0.39 is 9.84 Å². The zero-order chi connectivity index (χ0) is 22.5. The molecule has 0 saturated carbocycles. The highest BCUT2D eigenvalue weighted by atomic mass is 127. The van der Waals surface area contributed by atoms with Crippen LogP contribution in [0.15, 0.2) is 59.6 Å². The Hall–Kier alpha value is -2.01. The molecule has 0 heterocycles. The van der Waals surface area contributed by atoms with Crippen molar-refractivity contribution in [2.75, 3.05) is 36.5 Å². The molecule has 0 aliphatic rings. The predicted octanol–water partition coefficient (Wildman–Crippen LogP) is 4.35. The Bertz CT molecular complexity index is 905. The van der Waals surface area contributed by atoms with Gasteiger partial charge in [-0.15, -0.1) is 24.0 Å². The van der Waals surface area contributed by atoms with Crippen molar-refractivity contribution in [1.82, 2.24) is 5.32 Å². The van der Waals surface area contributed by atoms with Gasteiger partial charge in [-0.2, -0.15) is 0 Å². The maximum Gasteiger partial charge on any atom is 0.195 e. The second kappa shape index (κ2) is 14.9. The lowest BCUT2D eigenvalue weighted by atomic mass is 10.3. The number of benzene rings is 2. The van der Waals surface area contributed by atoms with Crippen LogP contribution in [0.5, 0.6) is 11.5 Å². The molecule has 0 atom stereocenters. The number of guanidine groups is 1. The third-order valence-electron chi connectivity index (χ3n) is 4.22. The lowest BCUT2D eigenvalue weighted by Gasteiger charge is -2.14. The van der Waals surface area contributed by atoms with Crippen molar-refractivity contribution in [3.63, 3.8) is 0 Å². The first kappa shape index (κ1) is 28.0. The van der Waals surface area contributed by atoms with Gasteiger partial charge in [-0.1, -0.05) is 25.1 Å². The maximum absolute atomic E-state index is 11.8. The molecule has 2 aromatic rings. The number of aliphatic imine (C=N–C) groups is 1. The van der Waals surface area contributed by atoms with Crippen molar-refractivity contribution in [1.29, 1.82) is 0 Å². The average molecular weight is 576 g/mol. The number of rotatable bonds is 12. The van der Waals surface area contributed by atoms with Gasteiger partial charge in [-0.3, -0.25) is 4.99 Å². The molecule has 0 amide bonds. The van der Waals surface area contributed by atoms with Crippen LogP contribution in [0.4, 0.5) is 5.69 Å². The highest BCUT2D eigenvalue weighted by Gasteiger charge is 2.08. The minimum Gasteiger partial charge on any atom is -0.494 e. The van der Waals surface area contributed by atoms with Gasteiger partial charge in [0.05, 0.1) is 18.5 Å². The van der Waals surface area contributed by atoms with E-state index in [4.69, 9.17) is 9.47 Å². The highest BCUT2D eigenvalue weighted by molar-refractivity contribution is 14.0. The fourth-order valence-corrected chi connectivity index (χ4v) is 3.30. The van der Waals surface area contributed by atoms with Crippen LogP contribution in [0.3, 0.4) is 0 Å². The molecule has 9 heteroatoms. The molecule has 32 heavy (non-hydrogen) atoms. The van der Waals surface area contributed by atoms with Crippen LogP contribution in [0.25, 0.3) is 0 Å². The molecule has 0 radical (unpaired) electrons. The van der Waals surface area contributed by atoms with Gasteiger partial charge in [0.15, 0.2) is 15.8 Å². The highest BCUT2D eigenvalue weighted by Crippen LogP contribution is 2.17. The summed E-state index contributed by atoms with van der Waals surface area (Å²) in [6, 6.07) is 17.2. The summed E-state index contributed by atoms with van der Waals surface area (Å²) in [7, 11) is -3.05. The van der Waals surface area contributed by atoms with Gasteiger partial charge in [0.2, 0.25) is 0 Å². The number of hydrogen-bond donors (Lipinski definition) is 2. The number of nitrogens with one attached hydrogen (secondary N) is 2. The Morgan fingerprint density at radius 3 is 2.34 bits per heavy atom. The van der Waals surface area contributed by atoms with Crippen LogP contribution in [0.1, 0.15) is 27.2 Å². The van der Waals surface area contributed by atoms with E-state index >= 15 is 0 Å². The monoisotopic (exact) mass is 575 g/mol. The van der Waals surface area contributed by atoms with E-state index in [0.29, 0.717) is 19.1 Å². The van der Waals surface area contributed by atoms with Crippen molar-refractivity contribution in [2.45, 2.75) is 33.3 Å². The molecular formula is C23H34IN3O4S. The Morgan fingerprint density at radius 2 is 1.72 bits per heavy atom. The van der Waals surface area contributed by atoms with E-state index in [1.165, 1.54) is 0 Å². The normalized spacial score (nSPS) is 11.6. The predicted molar refractivity (Wildman–Crippen MR) is 142 cm³/mol. The van der Waals surface area contributed by atoms with E-state index in [-0.39, 0.29) is 48.1 Å². The number of halogens is 1. The summed E-state index contributed by atoms with van der Waals surface area (Å²) in [6.45, 7) is 6.98. The summed E-state index contributed by atoms with van der Waals surface area (Å²) in [5.41, 5.74) is 0.834. The molecular weight excluding hydrogens is 541 g/mol. The smallest absolute Gasteiger partial charge is 0.195 e. The lowest BCUT2D eigenvalue weighted by molar-refractivity contribution is 0.242. The van der Waals surface area contributed by atoms with Crippen LogP contribution in [-0.4, -0.2) is 51.7 Å². The number of sulfone groups is 1. The first-order chi connectivity index (χ1) is 14.9. The number of ether oxygens (including phenoxy) is 2. The standard InChI is InChI=1S/C23H33N3O4S.HI/c1-4-31(27,28)18-16-25-23(24-15-8-17-29-21-9-6-5-7-10-21)26-20-11-13-22(14-12-20)30-19(2)3;/h5-7,9-14,19H,4,8,15-18H2,1-3H3,(H2,24,25,26);1H. The minimum absolute atomic E-state index is 0. The van der Waals surface area contributed by atoms with Crippen molar-refractivity contribution in [3.8, 4) is 11.5 Å². The van der Waals surface area contributed by atoms with E-state index in [9.17, 15) is 8.42 Å². The van der Waals surface area contributed by atoms with Crippen LogP contribution >= 0.6 is 24.0 Å². The molecule has 0 saturated heterocycles. The van der Waals surface area contributed by atoms with Gasteiger partial charge in [-0.25, -0.2) is 8.42 Å². The minimum atomic E-state index is -3.05. The van der Waals surface area contributed by atoms with Crippen LogP contribution < -0.4 is 20.1 Å². The third kappa shape index (κ3) is 11.6. The summed E-state index contributed by atoms with van der Waals surface area (Å²) in [5, 5.41) is 6.32. The van der Waals surface area contributed by atoms with E-state index in [1.807, 2.05) is 68.4 Å². The van der Waals surface area contributed by atoms with Crippen molar-refractivity contribution in [2.24, 2.45) is 4.99 Å². The first-order valence-electron chi connectivity index (χ1n) is 10.6. The van der Waals surface area contributed by atoms with Crippen LogP contribution in [-0.2, 0) is 9.84 Å². The van der Waals surface area contributed by atoms with Gasteiger partial charge in [-0.05, 0) is 50.2 Å².